The van der Waals surface area contributed by atoms with Crippen molar-refractivity contribution in [2.24, 2.45) is 5.92 Å². The Bertz CT molecular complexity index is 1020. The fourth-order valence-electron chi connectivity index (χ4n) is 4.27. The fourth-order valence-corrected chi connectivity index (χ4v) is 4.27. The molecule has 2 N–H and O–H groups in total. The zero-order valence-electron chi connectivity index (χ0n) is 22.0. The minimum atomic E-state index is -0.662. The number of amides is 2. The number of methoxy groups -OCH3 is 1. The van der Waals surface area contributed by atoms with Gasteiger partial charge in [-0.15, -0.1) is 0 Å². The Kier molecular flexibility index (Phi) is 8.82. The summed E-state index contributed by atoms with van der Waals surface area (Å²) in [4.78, 5) is 35.3. The summed E-state index contributed by atoms with van der Waals surface area (Å²) in [6.07, 6.45) is 1.92. The van der Waals surface area contributed by atoms with Gasteiger partial charge in [-0.3, -0.25) is 4.79 Å². The highest BCUT2D eigenvalue weighted by molar-refractivity contribution is 6.61. The van der Waals surface area contributed by atoms with Crippen molar-refractivity contribution in [1.82, 2.24) is 20.2 Å². The second-order valence-electron chi connectivity index (χ2n) is 9.96. The van der Waals surface area contributed by atoms with E-state index in [0.29, 0.717) is 13.2 Å². The van der Waals surface area contributed by atoms with Gasteiger partial charge in [0.05, 0.1) is 24.2 Å². The molecule has 0 bridgehead atoms. The van der Waals surface area contributed by atoms with Crippen LogP contribution in [-0.4, -0.2) is 65.9 Å². The molecule has 0 saturated carbocycles. The average Bonchev–Trinajstić information content (AvgIpc) is 3.47. The number of aromatic nitrogens is 2. The molecule has 1 aromatic heterocycles. The molecule has 0 spiro atoms. The van der Waals surface area contributed by atoms with Gasteiger partial charge in [0, 0.05) is 18.8 Å². The minimum Gasteiger partial charge on any atom is -0.453 e. The molecule has 3 rings (SSSR count). The van der Waals surface area contributed by atoms with E-state index in [0.717, 1.165) is 41.6 Å². The van der Waals surface area contributed by atoms with Crippen molar-refractivity contribution < 1.29 is 23.6 Å². The quantitative estimate of drug-likeness (QED) is 0.498. The lowest BCUT2D eigenvalue weighted by Crippen LogP contribution is -2.51. The number of hydrogen-bond acceptors (Lipinski definition) is 6. The zero-order chi connectivity index (χ0) is 25.8. The van der Waals surface area contributed by atoms with Crippen molar-refractivity contribution in [2.45, 2.75) is 78.5 Å². The van der Waals surface area contributed by atoms with E-state index >= 15 is 0 Å². The highest BCUT2D eigenvalue weighted by Crippen LogP contribution is 2.32. The monoisotopic (exact) mass is 486 g/mol. The number of ether oxygens (including phenoxy) is 1. The van der Waals surface area contributed by atoms with Gasteiger partial charge in [0.15, 0.2) is 0 Å². The van der Waals surface area contributed by atoms with Gasteiger partial charge in [-0.05, 0) is 63.5 Å². The van der Waals surface area contributed by atoms with Gasteiger partial charge in [0.1, 0.15) is 11.9 Å². The van der Waals surface area contributed by atoms with Crippen LogP contribution in [0.15, 0.2) is 18.2 Å². The van der Waals surface area contributed by atoms with E-state index in [1.54, 1.807) is 0 Å². The Labute approximate surface area is 208 Å². The Balaban J connectivity index is 1.86. The summed E-state index contributed by atoms with van der Waals surface area (Å²) >= 11 is 0. The maximum absolute atomic E-state index is 13.4. The molecule has 9 nitrogen and oxygen atoms in total. The van der Waals surface area contributed by atoms with Crippen LogP contribution in [0.3, 0.4) is 0 Å². The van der Waals surface area contributed by atoms with Gasteiger partial charge in [-0.25, -0.2) is 9.78 Å². The van der Waals surface area contributed by atoms with E-state index in [9.17, 15) is 9.59 Å². The van der Waals surface area contributed by atoms with E-state index < -0.39 is 19.3 Å². The van der Waals surface area contributed by atoms with Crippen molar-refractivity contribution in [3.8, 4) is 0 Å². The lowest BCUT2D eigenvalue weighted by molar-refractivity contribution is -0.135. The van der Waals surface area contributed by atoms with Crippen molar-refractivity contribution in [1.29, 1.82) is 0 Å². The summed E-state index contributed by atoms with van der Waals surface area (Å²) in [5.41, 5.74) is 2.29. The number of imidazole rings is 1. The maximum Gasteiger partial charge on any atom is 0.494 e. The van der Waals surface area contributed by atoms with E-state index in [1.807, 2.05) is 43.9 Å². The van der Waals surface area contributed by atoms with Crippen molar-refractivity contribution in [3.63, 3.8) is 0 Å². The first kappa shape index (κ1) is 27.0. The van der Waals surface area contributed by atoms with E-state index in [1.165, 1.54) is 7.11 Å². The summed E-state index contributed by atoms with van der Waals surface area (Å²) in [5.74, 6) is 0.538. The molecule has 192 valence electrons. The predicted molar refractivity (Wildman–Crippen MR) is 136 cm³/mol. The van der Waals surface area contributed by atoms with Crippen LogP contribution < -0.4 is 10.8 Å². The normalized spacial score (nSPS) is 17.1. The molecule has 1 aromatic carbocycles. The Morgan fingerprint density at radius 2 is 2.06 bits per heavy atom. The van der Waals surface area contributed by atoms with Gasteiger partial charge in [0.25, 0.3) is 0 Å². The second kappa shape index (κ2) is 11.4. The van der Waals surface area contributed by atoms with Crippen LogP contribution in [0.25, 0.3) is 11.0 Å². The topological polar surface area (TPSA) is 106 Å². The fraction of sp³-hybridized carbons (Fsp3) is 0.640. The third-order valence-corrected chi connectivity index (χ3v) is 6.63. The van der Waals surface area contributed by atoms with Crippen LogP contribution in [0.1, 0.15) is 72.7 Å². The molecule has 2 atom stereocenters. The molecule has 1 fully saturated rings. The predicted octanol–water partition coefficient (Wildman–Crippen LogP) is 3.54. The van der Waals surface area contributed by atoms with Gasteiger partial charge in [-0.1, -0.05) is 26.8 Å². The molecular weight excluding hydrogens is 447 g/mol. The molecule has 1 aliphatic rings. The number of likely N-dealkylation sites (tertiary alicyclic amines) is 1. The molecule has 0 unspecified atom stereocenters. The summed E-state index contributed by atoms with van der Waals surface area (Å²) in [7, 11) is 0.815. The second-order valence-corrected chi connectivity index (χ2v) is 9.96. The minimum absolute atomic E-state index is 0.0797. The van der Waals surface area contributed by atoms with Gasteiger partial charge < -0.3 is 29.2 Å². The molecule has 2 aromatic rings. The van der Waals surface area contributed by atoms with Gasteiger partial charge in [0.2, 0.25) is 5.91 Å². The first-order valence-corrected chi connectivity index (χ1v) is 12.5. The lowest BCUT2D eigenvalue weighted by Gasteiger charge is -2.29. The van der Waals surface area contributed by atoms with E-state index in [2.05, 4.69) is 31.1 Å². The molecule has 2 heterocycles. The smallest absolute Gasteiger partial charge is 0.453 e. The third kappa shape index (κ3) is 6.35. The van der Waals surface area contributed by atoms with E-state index in [-0.39, 0.29) is 23.5 Å². The number of nitrogens with zero attached hydrogens (tertiary/aromatic N) is 2. The molecule has 0 radical (unpaired) electrons. The average molecular weight is 486 g/mol. The van der Waals surface area contributed by atoms with Crippen LogP contribution in [0.4, 0.5) is 4.79 Å². The Morgan fingerprint density at radius 3 is 2.69 bits per heavy atom. The van der Waals surface area contributed by atoms with Crippen LogP contribution in [0.2, 0.25) is 0 Å². The largest absolute Gasteiger partial charge is 0.494 e. The number of carbonyl (C=O) groups is 2. The molecule has 10 heteroatoms. The summed E-state index contributed by atoms with van der Waals surface area (Å²) in [6, 6.07) is 5.10. The van der Waals surface area contributed by atoms with Gasteiger partial charge in [-0.2, -0.15) is 0 Å². The highest BCUT2D eigenvalue weighted by atomic mass is 16.6. The van der Waals surface area contributed by atoms with Crippen molar-refractivity contribution in [2.75, 3.05) is 20.3 Å². The number of alkyl carbamates (subject to hydrolysis) is 1. The first-order valence-electron chi connectivity index (χ1n) is 12.5. The maximum atomic E-state index is 13.4. The number of H-pyrrole nitrogens is 1. The number of rotatable bonds is 10. The molecule has 1 aliphatic heterocycles. The number of nitrogens with one attached hydrogen (secondary N) is 2. The van der Waals surface area contributed by atoms with Crippen molar-refractivity contribution >= 4 is 35.6 Å². The Morgan fingerprint density at radius 1 is 1.31 bits per heavy atom. The van der Waals surface area contributed by atoms with Crippen LogP contribution >= 0.6 is 0 Å². The number of carbonyl (C=O) groups excluding carboxylic acids is 2. The van der Waals surface area contributed by atoms with Crippen molar-refractivity contribution in [3.05, 3.63) is 24.0 Å². The number of hydrogen-bond donors (Lipinski definition) is 2. The number of fused-ring (bicyclic) bond motifs is 1. The molecule has 1 saturated heterocycles. The first-order chi connectivity index (χ1) is 16.6. The van der Waals surface area contributed by atoms with Crippen LogP contribution in [0, 0.1) is 5.92 Å². The Hall–Kier alpha value is -2.59. The summed E-state index contributed by atoms with van der Waals surface area (Å²) in [6.45, 7) is 13.1. The molecule has 0 aliphatic carbocycles. The molecule has 35 heavy (non-hydrogen) atoms. The highest BCUT2D eigenvalue weighted by Gasteiger charge is 2.37. The summed E-state index contributed by atoms with van der Waals surface area (Å²) < 4.78 is 16.9. The number of benzene rings is 1. The van der Waals surface area contributed by atoms with E-state index in [4.69, 9.17) is 19.0 Å². The number of aromatic amines is 1. The zero-order valence-corrected chi connectivity index (χ0v) is 22.0. The summed E-state index contributed by atoms with van der Waals surface area (Å²) in [5, 5.41) is 2.69. The lowest BCUT2D eigenvalue weighted by atomic mass is 9.77. The van der Waals surface area contributed by atoms with Crippen LogP contribution in [0.5, 0.6) is 0 Å². The standard InChI is InChI=1S/C25H39BN4O5/c1-8-25(5,6)35-26(34-9-2)17-12-13-18-19(15-17)28-22(27-18)20-11-10-14-30(20)23(31)21(16(3)4)29-24(32)33-7/h12-13,15-16,20-21H,8-11,14H2,1-7H3,(H,27,28)(H,29,32)/t20-,21-/m0/s1. The van der Waals surface area contributed by atoms with Gasteiger partial charge >= 0.3 is 13.2 Å². The molecule has 2 amide bonds. The SMILES string of the molecule is CCOB(OC(C)(C)CC)c1ccc2nc([C@@H]3CCCN3C(=O)[C@@H](NC(=O)OC)C(C)C)[nH]c2c1. The van der Waals surface area contributed by atoms with Crippen LogP contribution in [-0.2, 0) is 18.8 Å². The third-order valence-electron chi connectivity index (χ3n) is 6.63. The molecular formula is C25H39BN4O5.